The number of alkyl carbamates (subject to hydrolysis) is 1. The summed E-state index contributed by atoms with van der Waals surface area (Å²) in [5, 5.41) is 11.7. The maximum absolute atomic E-state index is 14.0. The van der Waals surface area contributed by atoms with Crippen LogP contribution in [-0.2, 0) is 36.8 Å². The molecule has 12 heteroatoms. The van der Waals surface area contributed by atoms with Gasteiger partial charge in [-0.1, -0.05) is 68.5 Å². The number of nitrogens with one attached hydrogen (secondary N) is 4. The molecule has 1 aromatic heterocycles. The van der Waals surface area contributed by atoms with E-state index in [0.29, 0.717) is 38.3 Å². The van der Waals surface area contributed by atoms with E-state index in [0.717, 1.165) is 49.1 Å². The predicted octanol–water partition coefficient (Wildman–Crippen LogP) is 8.04. The molecule has 4 rings (SSSR count). The largest absolute Gasteiger partial charge is 0.444 e. The predicted molar refractivity (Wildman–Crippen MR) is 234 cm³/mol. The minimum absolute atomic E-state index is 0.0586. The fourth-order valence-corrected chi connectivity index (χ4v) is 7.53. The molecule has 1 heterocycles. The van der Waals surface area contributed by atoms with Crippen molar-refractivity contribution in [2.45, 2.75) is 168 Å². The van der Waals surface area contributed by atoms with Crippen molar-refractivity contribution in [1.82, 2.24) is 30.8 Å². The van der Waals surface area contributed by atoms with Crippen LogP contribution in [0.4, 0.5) is 4.79 Å². The number of carbonyl (C=O) groups excluding carboxylic acids is 4. The Labute approximate surface area is 352 Å². The van der Waals surface area contributed by atoms with Crippen LogP contribution in [0.3, 0.4) is 0 Å². The number of benzene rings is 2. The SMILES string of the molecule is Cc1nc2ccccc2n1CCCCc1ccc(C(C)C(=O)NC(COC(C)(C)C)C(=O)NC(CCCCNC(=O)OC(C)(C)C)C(=O)NCCC2CCCCC2)cc1. The Morgan fingerprint density at radius 2 is 1.47 bits per heavy atom. The van der Waals surface area contributed by atoms with Gasteiger partial charge in [0.05, 0.1) is 29.2 Å². The van der Waals surface area contributed by atoms with Crippen molar-refractivity contribution in [3.8, 4) is 0 Å². The van der Waals surface area contributed by atoms with Crippen molar-refractivity contribution < 1.29 is 28.7 Å². The Balaban J connectivity index is 1.34. The van der Waals surface area contributed by atoms with Gasteiger partial charge in [0.2, 0.25) is 17.7 Å². The van der Waals surface area contributed by atoms with Crippen molar-refractivity contribution >= 4 is 34.8 Å². The van der Waals surface area contributed by atoms with E-state index in [2.05, 4.69) is 55.9 Å². The molecule has 4 amide bonds. The van der Waals surface area contributed by atoms with E-state index in [-0.39, 0.29) is 18.4 Å². The lowest BCUT2D eigenvalue weighted by Gasteiger charge is -2.27. The van der Waals surface area contributed by atoms with E-state index in [4.69, 9.17) is 9.47 Å². The number of fused-ring (bicyclic) bond motifs is 1. The molecule has 12 nitrogen and oxygen atoms in total. The first-order valence-corrected chi connectivity index (χ1v) is 22.0. The molecule has 1 aliphatic rings. The zero-order valence-electron chi connectivity index (χ0n) is 37.1. The Kier molecular flexibility index (Phi) is 18.2. The average molecular weight is 817 g/mol. The Hall–Kier alpha value is -4.45. The van der Waals surface area contributed by atoms with Crippen LogP contribution in [0.25, 0.3) is 11.0 Å². The van der Waals surface area contributed by atoms with Gasteiger partial charge in [0.15, 0.2) is 0 Å². The zero-order chi connectivity index (χ0) is 43.0. The molecule has 0 radical (unpaired) electrons. The maximum Gasteiger partial charge on any atom is 0.407 e. The molecule has 1 saturated carbocycles. The highest BCUT2D eigenvalue weighted by molar-refractivity contribution is 5.93. The molecule has 4 N–H and O–H groups in total. The molecule has 0 saturated heterocycles. The minimum Gasteiger partial charge on any atom is -0.444 e. The summed E-state index contributed by atoms with van der Waals surface area (Å²) in [7, 11) is 0. The second-order valence-electron chi connectivity index (χ2n) is 18.3. The molecule has 3 atom stereocenters. The third-order valence-corrected chi connectivity index (χ3v) is 10.9. The van der Waals surface area contributed by atoms with E-state index >= 15 is 0 Å². The summed E-state index contributed by atoms with van der Waals surface area (Å²) >= 11 is 0. The quantitative estimate of drug-likeness (QED) is 0.0795. The molecule has 1 aliphatic carbocycles. The summed E-state index contributed by atoms with van der Waals surface area (Å²) in [5.41, 5.74) is 3.08. The van der Waals surface area contributed by atoms with Crippen molar-refractivity contribution in [3.05, 3.63) is 65.5 Å². The summed E-state index contributed by atoms with van der Waals surface area (Å²) in [6.07, 6.45) is 11.0. The first kappa shape index (κ1) is 47.2. The Bertz CT molecular complexity index is 1790. The summed E-state index contributed by atoms with van der Waals surface area (Å²) in [5.74, 6) is 0.0629. The highest BCUT2D eigenvalue weighted by Crippen LogP contribution is 2.26. The fraction of sp³-hybridized carbons (Fsp3) is 0.638. The number of para-hydroxylation sites is 2. The van der Waals surface area contributed by atoms with E-state index in [1.165, 1.54) is 43.2 Å². The lowest BCUT2D eigenvalue weighted by atomic mass is 9.87. The lowest BCUT2D eigenvalue weighted by Crippen LogP contribution is -2.56. The molecule has 0 aliphatic heterocycles. The number of unbranched alkanes of at least 4 members (excludes halogenated alkanes) is 2. The molecule has 326 valence electrons. The number of imidazole rings is 1. The summed E-state index contributed by atoms with van der Waals surface area (Å²) in [4.78, 5) is 58.1. The van der Waals surface area contributed by atoms with Crippen LogP contribution < -0.4 is 21.3 Å². The maximum atomic E-state index is 14.0. The van der Waals surface area contributed by atoms with Gasteiger partial charge in [0.1, 0.15) is 23.5 Å². The van der Waals surface area contributed by atoms with Crippen LogP contribution >= 0.6 is 0 Å². The highest BCUT2D eigenvalue weighted by Gasteiger charge is 2.30. The van der Waals surface area contributed by atoms with Gasteiger partial charge in [-0.05, 0) is 130 Å². The first-order valence-electron chi connectivity index (χ1n) is 22.0. The number of nitrogens with zero attached hydrogens (tertiary/aromatic N) is 2. The van der Waals surface area contributed by atoms with E-state index in [9.17, 15) is 19.2 Å². The second-order valence-corrected chi connectivity index (χ2v) is 18.3. The van der Waals surface area contributed by atoms with Gasteiger partial charge in [-0.25, -0.2) is 9.78 Å². The van der Waals surface area contributed by atoms with Gasteiger partial charge >= 0.3 is 6.09 Å². The van der Waals surface area contributed by atoms with Crippen molar-refractivity contribution in [2.24, 2.45) is 5.92 Å². The molecular weight excluding hydrogens is 745 g/mol. The van der Waals surface area contributed by atoms with Crippen LogP contribution in [0, 0.1) is 12.8 Å². The third kappa shape index (κ3) is 16.6. The van der Waals surface area contributed by atoms with Crippen molar-refractivity contribution in [3.63, 3.8) is 0 Å². The number of aryl methyl sites for hydroxylation is 3. The van der Waals surface area contributed by atoms with Gasteiger partial charge in [0.25, 0.3) is 0 Å². The average Bonchev–Trinajstić information content (AvgIpc) is 3.50. The standard InChI is InChI=1S/C47H72N6O6/c1-33(37-26-24-36(25-27-37)20-15-17-31-53-34(2)50-38-21-12-13-23-41(38)53)42(54)52-40(32-58-46(3,4)5)44(56)51-39(22-14-16-29-49-45(57)59-47(6,7)8)43(55)48-30-28-35-18-10-9-11-19-35/h12-13,21,23-27,33,35,39-40H,9-11,14-20,22,28-32H2,1-8H3,(H,48,55)(H,49,57)(H,51,56)(H,52,54). The smallest absolute Gasteiger partial charge is 0.407 e. The number of ether oxygens (including phenoxy) is 2. The van der Waals surface area contributed by atoms with Gasteiger partial charge in [-0.2, -0.15) is 0 Å². The van der Waals surface area contributed by atoms with Crippen LogP contribution in [-0.4, -0.2) is 76.3 Å². The molecule has 3 unspecified atom stereocenters. The summed E-state index contributed by atoms with van der Waals surface area (Å²) < 4.78 is 13.6. The molecule has 3 aromatic rings. The highest BCUT2D eigenvalue weighted by atomic mass is 16.6. The van der Waals surface area contributed by atoms with Crippen LogP contribution in [0.2, 0.25) is 0 Å². The zero-order valence-corrected chi connectivity index (χ0v) is 37.1. The van der Waals surface area contributed by atoms with Crippen LogP contribution in [0.5, 0.6) is 0 Å². The Morgan fingerprint density at radius 3 is 2.17 bits per heavy atom. The third-order valence-electron chi connectivity index (χ3n) is 10.9. The van der Waals surface area contributed by atoms with E-state index in [1.54, 1.807) is 0 Å². The number of amides is 4. The molecule has 59 heavy (non-hydrogen) atoms. The van der Waals surface area contributed by atoms with Crippen LogP contribution in [0.1, 0.15) is 142 Å². The number of hydrogen-bond donors (Lipinski definition) is 4. The molecule has 2 aromatic carbocycles. The molecule has 1 fully saturated rings. The minimum atomic E-state index is -1.02. The number of carbonyl (C=O) groups is 4. The second kappa shape index (κ2) is 22.8. The number of rotatable bonds is 21. The molecule has 0 spiro atoms. The fourth-order valence-electron chi connectivity index (χ4n) is 7.53. The van der Waals surface area contributed by atoms with E-state index in [1.807, 2.05) is 78.8 Å². The van der Waals surface area contributed by atoms with E-state index < -0.39 is 41.2 Å². The first-order chi connectivity index (χ1) is 28.0. The van der Waals surface area contributed by atoms with Crippen LogP contribution in [0.15, 0.2) is 48.5 Å². The monoisotopic (exact) mass is 817 g/mol. The number of aromatic nitrogens is 2. The number of hydrogen-bond acceptors (Lipinski definition) is 7. The van der Waals surface area contributed by atoms with Crippen molar-refractivity contribution in [1.29, 1.82) is 0 Å². The van der Waals surface area contributed by atoms with Gasteiger partial charge in [-0.3, -0.25) is 14.4 Å². The topological polar surface area (TPSA) is 153 Å². The van der Waals surface area contributed by atoms with Gasteiger partial charge in [0, 0.05) is 19.6 Å². The summed E-state index contributed by atoms with van der Waals surface area (Å²) in [6, 6.07) is 14.5. The normalized spacial score (nSPS) is 15.3. The molecular formula is C47H72N6O6. The lowest BCUT2D eigenvalue weighted by molar-refractivity contribution is -0.135. The van der Waals surface area contributed by atoms with Gasteiger partial charge in [-0.15, -0.1) is 0 Å². The van der Waals surface area contributed by atoms with Gasteiger partial charge < -0.3 is 35.3 Å². The Morgan fingerprint density at radius 1 is 0.780 bits per heavy atom. The van der Waals surface area contributed by atoms with Crippen molar-refractivity contribution in [2.75, 3.05) is 19.7 Å². The summed E-state index contributed by atoms with van der Waals surface area (Å²) in [6.45, 7) is 16.7. The molecule has 0 bridgehead atoms.